The van der Waals surface area contributed by atoms with E-state index in [4.69, 9.17) is 0 Å². The van der Waals surface area contributed by atoms with E-state index in [1.54, 1.807) is 11.1 Å². The third kappa shape index (κ3) is 1.20. The second-order valence-electron chi connectivity index (χ2n) is 3.89. The third-order valence-electron chi connectivity index (χ3n) is 3.00. The van der Waals surface area contributed by atoms with Crippen molar-refractivity contribution in [2.45, 2.75) is 17.7 Å². The Morgan fingerprint density at radius 3 is 2.38 bits per heavy atom. The van der Waals surface area contributed by atoms with Crippen LogP contribution in [-0.2, 0) is 12.8 Å². The number of fused-ring (bicyclic) bond motifs is 1. The lowest BCUT2D eigenvalue weighted by atomic mass is 10.1. The molecular weight excluding hydrogens is 178 g/mol. The van der Waals surface area contributed by atoms with Gasteiger partial charge in [0.1, 0.15) is 0 Å². The smallest absolute Gasteiger partial charge is 0.0727 e. The summed E-state index contributed by atoms with van der Waals surface area (Å²) in [5.41, 5.74) is 3.09. The van der Waals surface area contributed by atoms with Gasteiger partial charge in [-0.2, -0.15) is 0 Å². The Kier molecular flexibility index (Phi) is 1.67. The van der Waals surface area contributed by atoms with E-state index in [0.717, 1.165) is 0 Å². The Labute approximate surface area is 82.9 Å². The van der Waals surface area contributed by atoms with E-state index in [1.807, 2.05) is 0 Å². The lowest BCUT2D eigenvalue weighted by Gasteiger charge is -2.21. The van der Waals surface area contributed by atoms with Gasteiger partial charge in [0.25, 0.3) is 0 Å². The molecule has 0 amide bonds. The molecule has 1 nitrogen and oxygen atoms in total. The molecule has 1 aliphatic heterocycles. The van der Waals surface area contributed by atoms with Crippen LogP contribution in [0.15, 0.2) is 24.3 Å². The van der Waals surface area contributed by atoms with Gasteiger partial charge in [0.05, 0.1) is 4.87 Å². The number of hydrogen-bond donors (Lipinski definition) is 1. The van der Waals surface area contributed by atoms with Crippen molar-refractivity contribution in [3.8, 4) is 0 Å². The summed E-state index contributed by atoms with van der Waals surface area (Å²) >= 11 is 2.10. The normalized spacial score (nSPS) is 23.7. The number of thioether (sulfide) groups is 1. The Balaban J connectivity index is 1.96. The molecule has 0 aromatic heterocycles. The molecule has 3 rings (SSSR count). The number of rotatable bonds is 0. The molecule has 68 valence electrons. The van der Waals surface area contributed by atoms with Crippen molar-refractivity contribution in [3.63, 3.8) is 0 Å². The van der Waals surface area contributed by atoms with Crippen molar-refractivity contribution < 1.29 is 0 Å². The highest BCUT2D eigenvalue weighted by atomic mass is 32.2. The molecule has 0 atom stereocenters. The molecule has 0 saturated carbocycles. The summed E-state index contributed by atoms with van der Waals surface area (Å²) in [6, 6.07) is 8.84. The molecule has 1 heterocycles. The maximum Gasteiger partial charge on any atom is 0.0727 e. The predicted molar refractivity (Wildman–Crippen MR) is 57.0 cm³/mol. The quantitative estimate of drug-likeness (QED) is 0.671. The summed E-state index contributed by atoms with van der Waals surface area (Å²) in [5, 5.41) is 3.64. The van der Waals surface area contributed by atoms with Gasteiger partial charge in [-0.1, -0.05) is 24.3 Å². The van der Waals surface area contributed by atoms with Gasteiger partial charge in [-0.25, -0.2) is 0 Å². The van der Waals surface area contributed by atoms with Crippen LogP contribution in [0.2, 0.25) is 0 Å². The van der Waals surface area contributed by atoms with Crippen LogP contribution in [0.5, 0.6) is 0 Å². The Bertz CT molecular complexity index is 302. The molecule has 0 unspecified atom stereocenters. The predicted octanol–water partition coefficient (Wildman–Crippen LogP) is 1.82. The van der Waals surface area contributed by atoms with Crippen molar-refractivity contribution in [1.82, 2.24) is 5.32 Å². The standard InChI is InChI=1S/C11H13NS/c1-2-4-10-8-11(7-9(10)3-1)12-5-6-13-11/h1-4,12H,5-8H2. The van der Waals surface area contributed by atoms with Crippen LogP contribution in [-0.4, -0.2) is 17.2 Å². The molecule has 1 fully saturated rings. The van der Waals surface area contributed by atoms with E-state index in [-0.39, 0.29) is 0 Å². The minimum atomic E-state index is 0.365. The Morgan fingerprint density at radius 2 is 1.85 bits per heavy atom. The van der Waals surface area contributed by atoms with Gasteiger partial charge in [-0.3, -0.25) is 0 Å². The zero-order valence-corrected chi connectivity index (χ0v) is 8.36. The summed E-state index contributed by atoms with van der Waals surface area (Å²) in [6.07, 6.45) is 2.43. The van der Waals surface area contributed by atoms with Crippen molar-refractivity contribution in [2.75, 3.05) is 12.3 Å². The number of benzene rings is 1. The molecule has 1 aliphatic carbocycles. The number of nitrogens with one attached hydrogen (secondary N) is 1. The molecule has 1 saturated heterocycles. The first kappa shape index (κ1) is 7.89. The highest BCUT2D eigenvalue weighted by Gasteiger charge is 2.39. The molecule has 2 aliphatic rings. The summed E-state index contributed by atoms with van der Waals surface area (Å²) in [7, 11) is 0. The fourth-order valence-electron chi connectivity index (χ4n) is 2.38. The minimum Gasteiger partial charge on any atom is -0.301 e. The molecule has 0 bridgehead atoms. The van der Waals surface area contributed by atoms with E-state index < -0.39 is 0 Å². The number of hydrogen-bond acceptors (Lipinski definition) is 2. The van der Waals surface area contributed by atoms with Gasteiger partial charge in [-0.15, -0.1) is 11.8 Å². The van der Waals surface area contributed by atoms with Crippen LogP contribution >= 0.6 is 11.8 Å². The van der Waals surface area contributed by atoms with Gasteiger partial charge in [0.15, 0.2) is 0 Å². The molecule has 1 N–H and O–H groups in total. The first-order valence-corrected chi connectivity index (χ1v) is 5.82. The van der Waals surface area contributed by atoms with E-state index in [1.165, 1.54) is 25.1 Å². The highest BCUT2D eigenvalue weighted by molar-refractivity contribution is 8.00. The van der Waals surface area contributed by atoms with E-state index in [9.17, 15) is 0 Å². The van der Waals surface area contributed by atoms with E-state index in [0.29, 0.717) is 4.87 Å². The topological polar surface area (TPSA) is 12.0 Å². The van der Waals surface area contributed by atoms with Gasteiger partial charge < -0.3 is 5.32 Å². The first-order valence-electron chi connectivity index (χ1n) is 4.84. The lowest BCUT2D eigenvalue weighted by molar-refractivity contribution is 0.528. The maximum atomic E-state index is 3.64. The first-order chi connectivity index (χ1) is 6.38. The van der Waals surface area contributed by atoms with Crippen LogP contribution in [0.1, 0.15) is 11.1 Å². The fourth-order valence-corrected chi connectivity index (χ4v) is 3.70. The SMILES string of the molecule is c1ccc2c(c1)CC1(C2)NCCS1. The highest BCUT2D eigenvalue weighted by Crippen LogP contribution is 2.40. The third-order valence-corrected chi connectivity index (χ3v) is 4.39. The largest absolute Gasteiger partial charge is 0.301 e. The summed E-state index contributed by atoms with van der Waals surface area (Å²) in [4.78, 5) is 0.365. The maximum absolute atomic E-state index is 3.64. The van der Waals surface area contributed by atoms with E-state index >= 15 is 0 Å². The van der Waals surface area contributed by atoms with Crippen molar-refractivity contribution in [3.05, 3.63) is 35.4 Å². The zero-order valence-electron chi connectivity index (χ0n) is 7.55. The average Bonchev–Trinajstić information content (AvgIpc) is 2.72. The average molecular weight is 191 g/mol. The Morgan fingerprint density at radius 1 is 1.15 bits per heavy atom. The second-order valence-corrected chi connectivity index (χ2v) is 5.37. The molecular formula is C11H13NS. The molecule has 1 aromatic carbocycles. The second kappa shape index (κ2) is 2.76. The van der Waals surface area contributed by atoms with Crippen molar-refractivity contribution in [2.24, 2.45) is 0 Å². The van der Waals surface area contributed by atoms with Crippen molar-refractivity contribution in [1.29, 1.82) is 0 Å². The fraction of sp³-hybridized carbons (Fsp3) is 0.455. The summed E-state index contributed by atoms with van der Waals surface area (Å²) < 4.78 is 0. The molecule has 2 heteroatoms. The Hall–Kier alpha value is -0.470. The van der Waals surface area contributed by atoms with Crippen molar-refractivity contribution >= 4 is 11.8 Å². The zero-order chi connectivity index (χ0) is 8.73. The molecule has 1 aromatic rings. The molecule has 0 radical (unpaired) electrons. The monoisotopic (exact) mass is 191 g/mol. The summed E-state index contributed by atoms with van der Waals surface area (Å²) in [6.45, 7) is 1.18. The molecule has 13 heavy (non-hydrogen) atoms. The molecule has 1 spiro atoms. The van der Waals surface area contributed by atoms with Crippen LogP contribution < -0.4 is 5.32 Å². The van der Waals surface area contributed by atoms with Crippen LogP contribution in [0.3, 0.4) is 0 Å². The van der Waals surface area contributed by atoms with Gasteiger partial charge >= 0.3 is 0 Å². The lowest BCUT2D eigenvalue weighted by Crippen LogP contribution is -2.37. The van der Waals surface area contributed by atoms with Crippen LogP contribution in [0.4, 0.5) is 0 Å². The van der Waals surface area contributed by atoms with Crippen LogP contribution in [0, 0.1) is 0 Å². The van der Waals surface area contributed by atoms with Crippen LogP contribution in [0.25, 0.3) is 0 Å². The van der Waals surface area contributed by atoms with Gasteiger partial charge in [0, 0.05) is 25.1 Å². The summed E-state index contributed by atoms with van der Waals surface area (Å²) in [5.74, 6) is 1.27. The minimum absolute atomic E-state index is 0.365. The van der Waals surface area contributed by atoms with E-state index in [2.05, 4.69) is 41.3 Å². The van der Waals surface area contributed by atoms with Gasteiger partial charge in [-0.05, 0) is 11.1 Å². The van der Waals surface area contributed by atoms with Gasteiger partial charge in [0.2, 0.25) is 0 Å².